The second kappa shape index (κ2) is 62.6. The van der Waals surface area contributed by atoms with E-state index >= 15 is 0 Å². The lowest BCUT2D eigenvalue weighted by atomic mass is 10.0. The van der Waals surface area contributed by atoms with Gasteiger partial charge < -0.3 is 14.2 Å². The summed E-state index contributed by atoms with van der Waals surface area (Å²) < 4.78 is 16.9. The standard InChI is InChI=1S/C68H122O6/c1-4-7-10-13-16-19-22-25-28-30-32-33-34-35-36-38-40-43-46-49-52-55-58-61-67(70)73-64-65(63-72-66(69)60-57-54-51-48-45-42-39-27-24-21-18-15-12-9-6-3)74-68(71)62-59-56-53-50-47-44-41-37-31-29-26-23-20-17-14-11-8-5-2/h18,21-22,25,27,30,32,34-35,39,65H,4-17,19-20,23-24,26,28-29,31,33,36-38,40-64H2,1-3H3/b21-18-,25-22-,32-30-,35-34-,39-27-. The van der Waals surface area contributed by atoms with Gasteiger partial charge in [0.15, 0.2) is 6.10 Å². The molecule has 0 rings (SSSR count). The Balaban J connectivity index is 4.35. The molecule has 0 aromatic heterocycles. The van der Waals surface area contributed by atoms with Crippen molar-refractivity contribution < 1.29 is 28.6 Å². The van der Waals surface area contributed by atoms with Crippen molar-refractivity contribution in [2.45, 2.75) is 341 Å². The predicted octanol–water partition coefficient (Wildman–Crippen LogP) is 21.9. The highest BCUT2D eigenvalue weighted by Gasteiger charge is 2.19. The second-order valence-corrected chi connectivity index (χ2v) is 21.7. The van der Waals surface area contributed by atoms with Gasteiger partial charge in [0.25, 0.3) is 0 Å². The number of carbonyl (C=O) groups is 3. The van der Waals surface area contributed by atoms with E-state index in [1.165, 1.54) is 199 Å². The Morgan fingerprint density at radius 3 is 0.784 bits per heavy atom. The van der Waals surface area contributed by atoms with E-state index in [4.69, 9.17) is 14.2 Å². The molecule has 0 amide bonds. The Morgan fingerprint density at radius 1 is 0.270 bits per heavy atom. The van der Waals surface area contributed by atoms with Gasteiger partial charge in [-0.2, -0.15) is 0 Å². The molecule has 0 N–H and O–H groups in total. The number of hydrogen-bond acceptors (Lipinski definition) is 6. The average molecular weight is 1040 g/mol. The molecule has 0 saturated carbocycles. The maximum atomic E-state index is 12.9. The molecule has 0 aromatic carbocycles. The van der Waals surface area contributed by atoms with E-state index in [1.54, 1.807) is 0 Å². The smallest absolute Gasteiger partial charge is 0.306 e. The molecule has 6 heteroatoms. The van der Waals surface area contributed by atoms with Gasteiger partial charge in [0, 0.05) is 19.3 Å². The molecule has 1 unspecified atom stereocenters. The van der Waals surface area contributed by atoms with E-state index in [1.807, 2.05) is 0 Å². The SMILES string of the molecule is CCCCC/C=C\C/C=C\CCCCCCCC(=O)OCC(COC(=O)CCCCCCCCCC/C=C\C/C=C\C/C=C\CCCCCCC)OC(=O)CCCCCCCCCCCCCCCCCCCC. The molecule has 0 fully saturated rings. The summed E-state index contributed by atoms with van der Waals surface area (Å²) in [4.78, 5) is 38.3. The van der Waals surface area contributed by atoms with E-state index in [2.05, 4.69) is 81.5 Å². The van der Waals surface area contributed by atoms with Gasteiger partial charge >= 0.3 is 17.9 Å². The van der Waals surface area contributed by atoms with Crippen molar-refractivity contribution in [1.29, 1.82) is 0 Å². The second-order valence-electron chi connectivity index (χ2n) is 21.7. The molecule has 0 aliphatic rings. The highest BCUT2D eigenvalue weighted by atomic mass is 16.6. The molecule has 0 spiro atoms. The monoisotopic (exact) mass is 1030 g/mol. The van der Waals surface area contributed by atoms with Crippen molar-refractivity contribution in [3.63, 3.8) is 0 Å². The minimum atomic E-state index is -0.782. The zero-order chi connectivity index (χ0) is 53.6. The van der Waals surface area contributed by atoms with Crippen molar-refractivity contribution in [3.05, 3.63) is 60.8 Å². The highest BCUT2D eigenvalue weighted by molar-refractivity contribution is 5.71. The number of carbonyl (C=O) groups excluding carboxylic acids is 3. The first kappa shape index (κ1) is 71.1. The first-order valence-corrected chi connectivity index (χ1v) is 32.3. The lowest BCUT2D eigenvalue weighted by Gasteiger charge is -2.18. The molecule has 0 radical (unpaired) electrons. The molecule has 0 bridgehead atoms. The van der Waals surface area contributed by atoms with E-state index in [0.717, 1.165) is 96.3 Å². The summed E-state index contributed by atoms with van der Waals surface area (Å²) in [6.07, 6.45) is 79.3. The normalized spacial score (nSPS) is 12.4. The van der Waals surface area contributed by atoms with Crippen LogP contribution in [-0.4, -0.2) is 37.2 Å². The average Bonchev–Trinajstić information content (AvgIpc) is 3.40. The van der Waals surface area contributed by atoms with Gasteiger partial charge in [-0.05, 0) is 89.9 Å². The molecule has 0 saturated heterocycles. The molecule has 0 aliphatic heterocycles. The minimum absolute atomic E-state index is 0.0798. The van der Waals surface area contributed by atoms with Crippen LogP contribution in [-0.2, 0) is 28.6 Å². The third kappa shape index (κ3) is 60.0. The van der Waals surface area contributed by atoms with Crippen LogP contribution < -0.4 is 0 Å². The topological polar surface area (TPSA) is 78.9 Å². The number of unbranched alkanes of at least 4 members (excludes halogenated alkanes) is 38. The number of rotatable bonds is 59. The number of hydrogen-bond donors (Lipinski definition) is 0. The third-order valence-electron chi connectivity index (χ3n) is 14.2. The van der Waals surface area contributed by atoms with E-state index in [0.29, 0.717) is 19.3 Å². The summed E-state index contributed by atoms with van der Waals surface area (Å²) in [6, 6.07) is 0. The molecule has 74 heavy (non-hydrogen) atoms. The largest absolute Gasteiger partial charge is 0.462 e. The van der Waals surface area contributed by atoms with Crippen molar-refractivity contribution >= 4 is 17.9 Å². The molecule has 1 atom stereocenters. The van der Waals surface area contributed by atoms with Crippen LogP contribution in [0.4, 0.5) is 0 Å². The van der Waals surface area contributed by atoms with Crippen molar-refractivity contribution in [2.75, 3.05) is 13.2 Å². The van der Waals surface area contributed by atoms with Crippen LogP contribution in [0.2, 0.25) is 0 Å². The molecule has 6 nitrogen and oxygen atoms in total. The van der Waals surface area contributed by atoms with E-state index < -0.39 is 6.10 Å². The van der Waals surface area contributed by atoms with Crippen LogP contribution in [0, 0.1) is 0 Å². The third-order valence-corrected chi connectivity index (χ3v) is 14.2. The van der Waals surface area contributed by atoms with E-state index in [9.17, 15) is 14.4 Å². The fourth-order valence-electron chi connectivity index (χ4n) is 9.36. The summed E-state index contributed by atoms with van der Waals surface area (Å²) >= 11 is 0. The summed E-state index contributed by atoms with van der Waals surface area (Å²) in [5, 5.41) is 0. The highest BCUT2D eigenvalue weighted by Crippen LogP contribution is 2.17. The van der Waals surface area contributed by atoms with Gasteiger partial charge in [-0.15, -0.1) is 0 Å². The summed E-state index contributed by atoms with van der Waals surface area (Å²) in [6.45, 7) is 6.63. The van der Waals surface area contributed by atoms with Crippen LogP contribution in [0.5, 0.6) is 0 Å². The molecule has 0 heterocycles. The Bertz CT molecular complexity index is 1330. The van der Waals surface area contributed by atoms with Gasteiger partial charge in [0.05, 0.1) is 0 Å². The fourth-order valence-corrected chi connectivity index (χ4v) is 9.36. The lowest BCUT2D eigenvalue weighted by Crippen LogP contribution is -2.30. The fraction of sp³-hybridized carbons (Fsp3) is 0.809. The Labute approximate surface area is 460 Å². The summed E-state index contributed by atoms with van der Waals surface area (Å²) in [5.74, 6) is -0.881. The van der Waals surface area contributed by atoms with Gasteiger partial charge in [-0.1, -0.05) is 287 Å². The summed E-state index contributed by atoms with van der Waals surface area (Å²) in [7, 11) is 0. The quantitative estimate of drug-likeness (QED) is 0.0261. The summed E-state index contributed by atoms with van der Waals surface area (Å²) in [5.41, 5.74) is 0. The van der Waals surface area contributed by atoms with Crippen LogP contribution >= 0.6 is 0 Å². The van der Waals surface area contributed by atoms with Gasteiger partial charge in [0.1, 0.15) is 13.2 Å². The molecule has 0 aliphatic carbocycles. The predicted molar refractivity (Wildman–Crippen MR) is 321 cm³/mol. The van der Waals surface area contributed by atoms with Crippen molar-refractivity contribution in [1.82, 2.24) is 0 Å². The van der Waals surface area contributed by atoms with Crippen LogP contribution in [0.15, 0.2) is 60.8 Å². The molecular weight excluding hydrogens is 913 g/mol. The van der Waals surface area contributed by atoms with Crippen LogP contribution in [0.1, 0.15) is 335 Å². The Morgan fingerprint density at radius 2 is 0.486 bits per heavy atom. The molecular formula is C68H122O6. The molecule has 430 valence electrons. The number of allylic oxidation sites excluding steroid dienone is 10. The van der Waals surface area contributed by atoms with E-state index in [-0.39, 0.29) is 31.1 Å². The van der Waals surface area contributed by atoms with Crippen LogP contribution in [0.3, 0.4) is 0 Å². The number of esters is 3. The van der Waals surface area contributed by atoms with Gasteiger partial charge in [-0.25, -0.2) is 0 Å². The van der Waals surface area contributed by atoms with Crippen molar-refractivity contribution in [3.8, 4) is 0 Å². The maximum absolute atomic E-state index is 12.9. The zero-order valence-electron chi connectivity index (χ0n) is 49.4. The minimum Gasteiger partial charge on any atom is -0.462 e. The molecule has 0 aromatic rings. The van der Waals surface area contributed by atoms with Crippen molar-refractivity contribution in [2.24, 2.45) is 0 Å². The Kier molecular flexibility index (Phi) is 60.2. The van der Waals surface area contributed by atoms with Crippen LogP contribution in [0.25, 0.3) is 0 Å². The first-order valence-electron chi connectivity index (χ1n) is 32.3. The number of ether oxygens (including phenoxy) is 3. The Hall–Kier alpha value is -2.89. The maximum Gasteiger partial charge on any atom is 0.306 e. The zero-order valence-corrected chi connectivity index (χ0v) is 49.4. The first-order chi connectivity index (χ1) is 36.5. The van der Waals surface area contributed by atoms with Gasteiger partial charge in [-0.3, -0.25) is 14.4 Å². The van der Waals surface area contributed by atoms with Gasteiger partial charge in [0.2, 0.25) is 0 Å². The lowest BCUT2D eigenvalue weighted by molar-refractivity contribution is -0.167.